The molecule has 8 atom stereocenters. The number of guanidine groups is 1. The third-order valence-corrected chi connectivity index (χ3v) is 11.8. The minimum Gasteiger partial charge on any atom is -0.508 e. The molecule has 5 aliphatic rings. The first-order valence-corrected chi connectivity index (χ1v) is 17.4. The topological polar surface area (TPSA) is 236 Å². The van der Waals surface area contributed by atoms with Gasteiger partial charge in [0, 0.05) is 31.2 Å². The van der Waals surface area contributed by atoms with Crippen molar-refractivity contribution in [3.63, 3.8) is 0 Å². The number of aliphatic imine (C=N–C) groups is 1. The number of aromatic hydroxyl groups is 1. The molecular weight excluding hydrogens is 624 g/mol. The fraction of sp³-hybridized carbons (Fsp3) is 0.600. The Bertz CT molecular complexity index is 1710. The number of H-pyrrole nitrogens is 1. The standard InChI is InChI=1S/C35H48N10O4/c1-18-5-23(46)6-19(2)24(18)9-27(41-30(47)26(3-4-36)43-33(37)38)31(48)42-28(8-22-15-39-17-40-22)32-44-29(45-49-32)14-34-10-20-7-25-21(12-34)13-35(25,11-20)16-34/h5-6,15,17,20-21,25-28,46H,3-4,7-14,16,36H2,1-2H3,(H,39,40)(H,41,47)(H,42,48)(H4,37,38,43)/t20?,21?,25?,26-,27+,28+,34?,35?/m1/s1. The van der Waals surface area contributed by atoms with Crippen LogP contribution in [0.3, 0.4) is 0 Å². The van der Waals surface area contributed by atoms with Gasteiger partial charge in [-0.25, -0.2) is 9.98 Å². The van der Waals surface area contributed by atoms with Gasteiger partial charge in [0.25, 0.3) is 0 Å². The van der Waals surface area contributed by atoms with Gasteiger partial charge in [-0.05, 0) is 123 Å². The molecule has 2 amide bonds. The fourth-order valence-corrected chi connectivity index (χ4v) is 10.3. The lowest BCUT2D eigenvalue weighted by Gasteiger charge is -2.64. The number of fused-ring (bicyclic) bond motifs is 1. The zero-order valence-electron chi connectivity index (χ0n) is 28.2. The van der Waals surface area contributed by atoms with Crippen molar-refractivity contribution >= 4 is 17.8 Å². The van der Waals surface area contributed by atoms with Crippen LogP contribution in [-0.4, -0.2) is 61.6 Å². The molecule has 5 aliphatic carbocycles. The third kappa shape index (κ3) is 6.50. The van der Waals surface area contributed by atoms with Crippen molar-refractivity contribution in [3.05, 3.63) is 58.8 Å². The Balaban J connectivity index is 1.13. The van der Waals surface area contributed by atoms with Crippen molar-refractivity contribution in [2.45, 2.75) is 96.2 Å². The molecule has 0 radical (unpaired) electrons. The number of hydrogen-bond donors (Lipinski definition) is 7. The number of aromatic amines is 1. The van der Waals surface area contributed by atoms with Crippen molar-refractivity contribution in [3.8, 4) is 5.75 Å². The van der Waals surface area contributed by atoms with Crippen molar-refractivity contribution in [2.75, 3.05) is 6.54 Å². The number of nitrogens with zero attached hydrogens (tertiary/aromatic N) is 4. The molecule has 0 saturated heterocycles. The summed E-state index contributed by atoms with van der Waals surface area (Å²) in [5, 5.41) is 20.5. The number of carbonyl (C=O) groups excluding carboxylic acids is 2. The van der Waals surface area contributed by atoms with Crippen molar-refractivity contribution in [1.82, 2.24) is 30.7 Å². The fourth-order valence-electron chi connectivity index (χ4n) is 10.3. The summed E-state index contributed by atoms with van der Waals surface area (Å²) in [6, 6.07) is 0.554. The number of aryl methyl sites for hydroxylation is 2. The largest absolute Gasteiger partial charge is 0.508 e. The number of aromatic nitrogens is 4. The molecule has 49 heavy (non-hydrogen) atoms. The Morgan fingerprint density at radius 3 is 2.63 bits per heavy atom. The molecule has 14 nitrogen and oxygen atoms in total. The number of carbonyl (C=O) groups is 2. The summed E-state index contributed by atoms with van der Waals surface area (Å²) in [5.41, 5.74) is 20.9. The molecule has 5 unspecified atom stereocenters. The normalized spacial score (nSPS) is 27.9. The SMILES string of the molecule is Cc1cc(O)cc(C)c1C[C@H](NC(=O)[C@@H](CCN)N=C(N)N)C(=O)N[C@@H](Cc1cnc[nH]1)c1nc(CC23CC4CC5C(C2)CC5(C4)C3)no1. The molecule has 2 heterocycles. The third-order valence-electron chi connectivity index (χ3n) is 11.8. The van der Waals surface area contributed by atoms with Crippen molar-refractivity contribution < 1.29 is 19.2 Å². The van der Waals surface area contributed by atoms with Crippen molar-refractivity contribution in [1.29, 1.82) is 0 Å². The number of imidazole rings is 1. The monoisotopic (exact) mass is 672 g/mol. The highest BCUT2D eigenvalue weighted by atomic mass is 16.5. The Kier molecular flexibility index (Phi) is 8.62. The zero-order valence-corrected chi connectivity index (χ0v) is 28.2. The molecule has 4 bridgehead atoms. The van der Waals surface area contributed by atoms with E-state index in [4.69, 9.17) is 26.7 Å². The van der Waals surface area contributed by atoms with Gasteiger partial charge in [0.05, 0.1) is 6.33 Å². The number of rotatable bonds is 14. The second kappa shape index (κ2) is 12.8. The average molecular weight is 673 g/mol. The van der Waals surface area contributed by atoms with Gasteiger partial charge in [-0.3, -0.25) is 9.59 Å². The second-order valence-corrected chi connectivity index (χ2v) is 15.4. The average Bonchev–Trinajstić information content (AvgIpc) is 3.74. The summed E-state index contributed by atoms with van der Waals surface area (Å²) in [4.78, 5) is 43.9. The Labute approximate surface area is 285 Å². The summed E-state index contributed by atoms with van der Waals surface area (Å²) >= 11 is 0. The molecule has 14 heteroatoms. The quantitative estimate of drug-likeness (QED) is 0.0971. The summed E-state index contributed by atoms with van der Waals surface area (Å²) < 4.78 is 5.89. The first-order chi connectivity index (χ1) is 23.4. The highest BCUT2D eigenvalue weighted by molar-refractivity contribution is 5.91. The van der Waals surface area contributed by atoms with Crippen LogP contribution in [0.5, 0.6) is 5.75 Å². The van der Waals surface area contributed by atoms with Crippen molar-refractivity contribution in [2.24, 2.45) is 50.8 Å². The van der Waals surface area contributed by atoms with Crippen LogP contribution in [0, 0.1) is 42.4 Å². The predicted octanol–water partition coefficient (Wildman–Crippen LogP) is 1.99. The van der Waals surface area contributed by atoms with Crippen LogP contribution < -0.4 is 27.8 Å². The molecule has 0 aliphatic heterocycles. The molecule has 262 valence electrons. The molecule has 5 fully saturated rings. The minimum absolute atomic E-state index is 0.122. The molecular formula is C35H48N10O4. The van der Waals surface area contributed by atoms with Gasteiger partial charge in [0.2, 0.25) is 17.7 Å². The van der Waals surface area contributed by atoms with E-state index in [2.05, 4.69) is 30.8 Å². The van der Waals surface area contributed by atoms with Gasteiger partial charge < -0.3 is 42.4 Å². The summed E-state index contributed by atoms with van der Waals surface area (Å²) in [5.74, 6) is 2.43. The van der Waals surface area contributed by atoms with Crippen LogP contribution in [0.2, 0.25) is 0 Å². The molecule has 2 aromatic heterocycles. The number of phenols is 1. The molecule has 8 rings (SSSR count). The van der Waals surface area contributed by atoms with Gasteiger partial charge in [0.1, 0.15) is 23.9 Å². The molecule has 5 saturated carbocycles. The molecule has 3 aromatic rings. The van der Waals surface area contributed by atoms with Crippen LogP contribution in [0.1, 0.15) is 85.1 Å². The summed E-state index contributed by atoms with van der Waals surface area (Å²) in [6.07, 6.45) is 12.6. The molecule has 10 N–H and O–H groups in total. The van der Waals surface area contributed by atoms with E-state index in [-0.39, 0.29) is 36.5 Å². The van der Waals surface area contributed by atoms with Crippen LogP contribution in [-0.2, 0) is 28.9 Å². The summed E-state index contributed by atoms with van der Waals surface area (Å²) in [6.45, 7) is 3.87. The Hall–Kier alpha value is -4.46. The van der Waals surface area contributed by atoms with Gasteiger partial charge in [-0.1, -0.05) is 5.16 Å². The number of benzene rings is 1. The number of phenolic OH excluding ortho intramolecular Hbond substituents is 1. The maximum Gasteiger partial charge on any atom is 0.249 e. The lowest BCUT2D eigenvalue weighted by molar-refractivity contribution is -0.145. The number of nitrogens with one attached hydrogen (secondary N) is 3. The van der Waals surface area contributed by atoms with E-state index in [9.17, 15) is 14.7 Å². The lowest BCUT2D eigenvalue weighted by atomic mass is 9.40. The molecule has 1 spiro atoms. The summed E-state index contributed by atoms with van der Waals surface area (Å²) in [7, 11) is 0. The first-order valence-electron chi connectivity index (χ1n) is 17.4. The number of nitrogens with two attached hydrogens (primary N) is 3. The Morgan fingerprint density at radius 1 is 1.12 bits per heavy atom. The smallest absolute Gasteiger partial charge is 0.249 e. The lowest BCUT2D eigenvalue weighted by Crippen LogP contribution is -2.56. The highest BCUT2D eigenvalue weighted by Crippen LogP contribution is 2.78. The number of hydrogen-bond acceptors (Lipinski definition) is 9. The van der Waals surface area contributed by atoms with Gasteiger partial charge in [-0.2, -0.15) is 4.98 Å². The van der Waals surface area contributed by atoms with E-state index in [1.54, 1.807) is 24.7 Å². The predicted molar refractivity (Wildman–Crippen MR) is 181 cm³/mol. The van der Waals surface area contributed by atoms with Crippen LogP contribution in [0.25, 0.3) is 0 Å². The minimum atomic E-state index is -1.03. The van der Waals surface area contributed by atoms with Gasteiger partial charge in [-0.15, -0.1) is 0 Å². The first kappa shape index (κ1) is 33.1. The van der Waals surface area contributed by atoms with E-state index in [0.717, 1.165) is 46.6 Å². The van der Waals surface area contributed by atoms with E-state index < -0.39 is 29.9 Å². The van der Waals surface area contributed by atoms with Crippen LogP contribution in [0.4, 0.5) is 0 Å². The van der Waals surface area contributed by atoms with Crippen LogP contribution in [0.15, 0.2) is 34.2 Å². The van der Waals surface area contributed by atoms with Gasteiger partial charge in [0.15, 0.2) is 11.8 Å². The van der Waals surface area contributed by atoms with E-state index in [0.29, 0.717) is 23.6 Å². The zero-order chi connectivity index (χ0) is 34.5. The van der Waals surface area contributed by atoms with Crippen LogP contribution >= 0.6 is 0 Å². The molecule has 1 aromatic carbocycles. The maximum absolute atomic E-state index is 14.2. The van der Waals surface area contributed by atoms with E-state index in [1.165, 1.54) is 38.5 Å². The number of amides is 2. The van der Waals surface area contributed by atoms with Gasteiger partial charge >= 0.3 is 0 Å². The van der Waals surface area contributed by atoms with E-state index in [1.807, 2.05) is 13.8 Å². The highest BCUT2D eigenvalue weighted by Gasteiger charge is 2.69. The Morgan fingerprint density at radius 2 is 1.92 bits per heavy atom. The second-order valence-electron chi connectivity index (χ2n) is 15.4. The van der Waals surface area contributed by atoms with E-state index >= 15 is 0 Å². The maximum atomic E-state index is 14.2.